The molecule has 0 saturated heterocycles. The van der Waals surface area contributed by atoms with Gasteiger partial charge in [-0.3, -0.25) is 0 Å². The van der Waals surface area contributed by atoms with Crippen molar-refractivity contribution in [1.29, 1.82) is 0 Å². The minimum Gasteiger partial charge on any atom is -0.495 e. The zero-order valence-corrected chi connectivity index (χ0v) is 11.3. The Morgan fingerprint density at radius 1 is 1.29 bits per heavy atom. The molecule has 0 radical (unpaired) electrons. The third-order valence-electron chi connectivity index (χ3n) is 2.11. The normalized spacial score (nSPS) is 10.1. The van der Waals surface area contributed by atoms with E-state index in [-0.39, 0.29) is 0 Å². The van der Waals surface area contributed by atoms with Gasteiger partial charge in [-0.15, -0.1) is 0 Å². The smallest absolute Gasteiger partial charge is 0.149 e. The second-order valence-corrected chi connectivity index (χ2v) is 4.30. The number of nitrogens with one attached hydrogen (secondary N) is 1. The van der Waals surface area contributed by atoms with Crippen molar-refractivity contribution in [2.24, 2.45) is 0 Å². The first-order valence-electron chi connectivity index (χ1n) is 4.78. The van der Waals surface area contributed by atoms with Crippen LogP contribution in [0.4, 0.5) is 11.5 Å². The van der Waals surface area contributed by atoms with Crippen LogP contribution in [0.1, 0.15) is 0 Å². The molecule has 0 unspecified atom stereocenters. The fourth-order valence-electron chi connectivity index (χ4n) is 1.31. The van der Waals surface area contributed by atoms with Crippen LogP contribution in [-0.2, 0) is 0 Å². The van der Waals surface area contributed by atoms with Crippen LogP contribution in [0.3, 0.4) is 0 Å². The van der Waals surface area contributed by atoms with Gasteiger partial charge in [0.2, 0.25) is 0 Å². The fraction of sp³-hybridized carbons (Fsp3) is 0.0909. The van der Waals surface area contributed by atoms with Crippen LogP contribution >= 0.6 is 27.5 Å². The first kappa shape index (κ1) is 12.1. The number of para-hydroxylation sites is 2. The van der Waals surface area contributed by atoms with Gasteiger partial charge in [0, 0.05) is 0 Å². The van der Waals surface area contributed by atoms with Crippen molar-refractivity contribution in [3.8, 4) is 5.75 Å². The van der Waals surface area contributed by atoms with E-state index in [1.165, 1.54) is 6.33 Å². The summed E-state index contributed by atoms with van der Waals surface area (Å²) in [5.74, 6) is 1.32. The predicted molar refractivity (Wildman–Crippen MR) is 71.0 cm³/mol. The zero-order valence-electron chi connectivity index (χ0n) is 8.95. The van der Waals surface area contributed by atoms with E-state index in [0.29, 0.717) is 15.4 Å². The molecule has 0 fully saturated rings. The Labute approximate surface area is 112 Å². The molecular formula is C11H9BrClN3O. The molecule has 0 aliphatic rings. The van der Waals surface area contributed by atoms with Gasteiger partial charge in [0.05, 0.1) is 17.3 Å². The molecule has 0 saturated carbocycles. The third-order valence-corrected chi connectivity index (χ3v) is 3.37. The minimum atomic E-state index is 0.359. The molecule has 17 heavy (non-hydrogen) atoms. The molecule has 1 aromatic carbocycles. The van der Waals surface area contributed by atoms with E-state index < -0.39 is 0 Å². The van der Waals surface area contributed by atoms with Crippen molar-refractivity contribution in [2.75, 3.05) is 12.4 Å². The number of benzene rings is 1. The lowest BCUT2D eigenvalue weighted by Gasteiger charge is -2.11. The maximum atomic E-state index is 5.88. The summed E-state index contributed by atoms with van der Waals surface area (Å²) in [7, 11) is 1.61. The lowest BCUT2D eigenvalue weighted by molar-refractivity contribution is 0.417. The summed E-state index contributed by atoms with van der Waals surface area (Å²) in [5.41, 5.74) is 0.811. The van der Waals surface area contributed by atoms with Crippen LogP contribution < -0.4 is 10.1 Å². The number of halogens is 2. The number of aromatic nitrogens is 2. The van der Waals surface area contributed by atoms with E-state index in [4.69, 9.17) is 16.3 Å². The minimum absolute atomic E-state index is 0.359. The first-order valence-corrected chi connectivity index (χ1v) is 5.95. The predicted octanol–water partition coefficient (Wildman–Crippen LogP) is 3.64. The van der Waals surface area contributed by atoms with E-state index in [1.807, 2.05) is 24.3 Å². The molecular weight excluding hydrogens is 305 g/mol. The molecule has 6 heteroatoms. The van der Waals surface area contributed by atoms with Crippen molar-refractivity contribution < 1.29 is 4.74 Å². The number of methoxy groups -OCH3 is 1. The SMILES string of the molecule is COc1ccccc1Nc1ncnc(Cl)c1Br. The molecule has 1 aromatic heterocycles. The summed E-state index contributed by atoms with van der Waals surface area (Å²) in [6, 6.07) is 7.55. The van der Waals surface area contributed by atoms with Crippen molar-refractivity contribution >= 4 is 39.0 Å². The average Bonchev–Trinajstić information content (AvgIpc) is 2.35. The Bertz CT molecular complexity index is 536. The second kappa shape index (κ2) is 5.33. The number of ether oxygens (including phenoxy) is 1. The first-order chi connectivity index (χ1) is 8.22. The molecule has 1 N–H and O–H groups in total. The van der Waals surface area contributed by atoms with Crippen LogP contribution in [0.5, 0.6) is 5.75 Å². The molecule has 0 aliphatic carbocycles. The zero-order chi connectivity index (χ0) is 12.3. The monoisotopic (exact) mass is 313 g/mol. The molecule has 88 valence electrons. The van der Waals surface area contributed by atoms with Gasteiger partial charge in [0.1, 0.15) is 23.0 Å². The number of hydrogen-bond donors (Lipinski definition) is 1. The Kier molecular flexibility index (Phi) is 3.81. The van der Waals surface area contributed by atoms with Crippen molar-refractivity contribution in [3.63, 3.8) is 0 Å². The molecule has 0 amide bonds. The van der Waals surface area contributed by atoms with Gasteiger partial charge in [0.15, 0.2) is 0 Å². The number of rotatable bonds is 3. The maximum absolute atomic E-state index is 5.88. The highest BCUT2D eigenvalue weighted by Gasteiger charge is 2.09. The second-order valence-electron chi connectivity index (χ2n) is 3.15. The van der Waals surface area contributed by atoms with E-state index in [0.717, 1.165) is 11.4 Å². The number of hydrogen-bond acceptors (Lipinski definition) is 4. The maximum Gasteiger partial charge on any atom is 0.149 e. The Morgan fingerprint density at radius 2 is 2.06 bits per heavy atom. The van der Waals surface area contributed by atoms with Crippen molar-refractivity contribution in [2.45, 2.75) is 0 Å². The van der Waals surface area contributed by atoms with E-state index >= 15 is 0 Å². The Hall–Kier alpha value is -1.33. The quantitative estimate of drug-likeness (QED) is 0.879. The molecule has 0 atom stereocenters. The van der Waals surface area contributed by atoms with Gasteiger partial charge in [-0.2, -0.15) is 0 Å². The summed E-state index contributed by atoms with van der Waals surface area (Å²) in [6.07, 6.45) is 1.39. The average molecular weight is 315 g/mol. The summed E-state index contributed by atoms with van der Waals surface area (Å²) in [5, 5.41) is 3.48. The Balaban J connectivity index is 2.35. The molecule has 0 aliphatic heterocycles. The fourth-order valence-corrected chi connectivity index (χ4v) is 1.75. The van der Waals surface area contributed by atoms with Gasteiger partial charge in [-0.1, -0.05) is 23.7 Å². The summed E-state index contributed by atoms with van der Waals surface area (Å²) >= 11 is 9.21. The topological polar surface area (TPSA) is 47.0 Å². The third kappa shape index (κ3) is 2.68. The molecule has 4 nitrogen and oxygen atoms in total. The Morgan fingerprint density at radius 3 is 2.82 bits per heavy atom. The van der Waals surface area contributed by atoms with Crippen molar-refractivity contribution in [1.82, 2.24) is 9.97 Å². The molecule has 2 rings (SSSR count). The lowest BCUT2D eigenvalue weighted by atomic mass is 10.3. The summed E-state index contributed by atoms with van der Waals surface area (Å²) in [4.78, 5) is 7.96. The standard InChI is InChI=1S/C11H9BrClN3O/c1-17-8-5-3-2-4-7(8)16-11-9(12)10(13)14-6-15-11/h2-6H,1H3,(H,14,15,16). The van der Waals surface area contributed by atoms with Crippen LogP contribution in [0, 0.1) is 0 Å². The van der Waals surface area contributed by atoms with E-state index in [9.17, 15) is 0 Å². The van der Waals surface area contributed by atoms with E-state index in [2.05, 4.69) is 31.2 Å². The highest BCUT2D eigenvalue weighted by Crippen LogP contribution is 2.31. The summed E-state index contributed by atoms with van der Waals surface area (Å²) in [6.45, 7) is 0. The van der Waals surface area contributed by atoms with Gasteiger partial charge < -0.3 is 10.1 Å². The van der Waals surface area contributed by atoms with Gasteiger partial charge in [0.25, 0.3) is 0 Å². The van der Waals surface area contributed by atoms with Gasteiger partial charge in [-0.05, 0) is 28.1 Å². The molecule has 2 aromatic rings. The molecule has 1 heterocycles. The number of anilines is 2. The molecule has 0 bridgehead atoms. The van der Waals surface area contributed by atoms with Gasteiger partial charge >= 0.3 is 0 Å². The van der Waals surface area contributed by atoms with Gasteiger partial charge in [-0.25, -0.2) is 9.97 Å². The van der Waals surface area contributed by atoms with Crippen LogP contribution in [0.15, 0.2) is 35.1 Å². The lowest BCUT2D eigenvalue weighted by Crippen LogP contribution is -1.98. The number of nitrogens with zero attached hydrogens (tertiary/aromatic N) is 2. The highest BCUT2D eigenvalue weighted by molar-refractivity contribution is 9.10. The van der Waals surface area contributed by atoms with Crippen LogP contribution in [-0.4, -0.2) is 17.1 Å². The van der Waals surface area contributed by atoms with Crippen molar-refractivity contribution in [3.05, 3.63) is 40.2 Å². The molecule has 0 spiro atoms. The summed E-state index contributed by atoms with van der Waals surface area (Å²) < 4.78 is 5.85. The van der Waals surface area contributed by atoms with Crippen LogP contribution in [0.2, 0.25) is 5.15 Å². The highest BCUT2D eigenvalue weighted by atomic mass is 79.9. The van der Waals surface area contributed by atoms with Crippen LogP contribution in [0.25, 0.3) is 0 Å². The largest absolute Gasteiger partial charge is 0.495 e. The van der Waals surface area contributed by atoms with E-state index in [1.54, 1.807) is 7.11 Å².